The van der Waals surface area contributed by atoms with Gasteiger partial charge in [0.2, 0.25) is 5.91 Å². The zero-order valence-corrected chi connectivity index (χ0v) is 20.6. The Morgan fingerprint density at radius 2 is 1.79 bits per heavy atom. The molecular formula is C26H37N3O5. The molecule has 3 aliphatic rings. The summed E-state index contributed by atoms with van der Waals surface area (Å²) in [6.07, 6.45) is 5.89. The first-order chi connectivity index (χ1) is 16.1. The number of esters is 1. The van der Waals surface area contributed by atoms with Gasteiger partial charge in [-0.1, -0.05) is 31.4 Å². The number of carbonyl (C=O) groups is 3. The third-order valence-corrected chi connectivity index (χ3v) is 7.37. The predicted octanol–water partition coefficient (Wildman–Crippen LogP) is 4.09. The first-order valence-electron chi connectivity index (χ1n) is 12.5. The quantitative estimate of drug-likeness (QED) is 0.666. The molecule has 3 fully saturated rings. The highest BCUT2D eigenvalue weighted by atomic mass is 16.6. The summed E-state index contributed by atoms with van der Waals surface area (Å²) in [5.41, 5.74) is 0.167. The number of hydrogen-bond donors (Lipinski definition) is 1. The number of likely N-dealkylation sites (tertiary alicyclic amines) is 1. The maximum Gasteiger partial charge on any atom is 0.407 e. The number of ether oxygens (including phenoxy) is 1. The van der Waals surface area contributed by atoms with Crippen LogP contribution in [-0.2, 0) is 16.1 Å². The van der Waals surface area contributed by atoms with E-state index in [1.165, 1.54) is 24.2 Å². The Morgan fingerprint density at radius 3 is 2.41 bits per heavy atom. The molecule has 0 unspecified atom stereocenters. The van der Waals surface area contributed by atoms with Crippen LogP contribution in [0.15, 0.2) is 24.3 Å². The SMILES string of the molecule is CC(C)(C)OC(=O)c1cccc(CN2CN(C3CCCCC3)C3(CCN(C(=O)O)CC3)C2=O)c1. The van der Waals surface area contributed by atoms with Crippen molar-refractivity contribution in [2.24, 2.45) is 0 Å². The standard InChI is InChI=1S/C26H37N3O5/c1-25(2,3)34-22(30)20-9-7-8-19(16-20)17-28-18-29(21-10-5-4-6-11-21)26(23(28)31)12-14-27(15-13-26)24(32)33/h7-9,16,21H,4-6,10-15,17-18H2,1-3H3,(H,32,33). The van der Waals surface area contributed by atoms with E-state index in [9.17, 15) is 19.5 Å². The van der Waals surface area contributed by atoms with Crippen LogP contribution in [0.1, 0.15) is 81.6 Å². The summed E-state index contributed by atoms with van der Waals surface area (Å²) in [4.78, 5) is 43.6. The number of carboxylic acid groups (broad SMARTS) is 1. The van der Waals surface area contributed by atoms with Gasteiger partial charge in [0.1, 0.15) is 11.1 Å². The van der Waals surface area contributed by atoms with E-state index in [1.807, 2.05) is 43.9 Å². The highest BCUT2D eigenvalue weighted by Crippen LogP contribution is 2.41. The summed E-state index contributed by atoms with van der Waals surface area (Å²) in [5, 5.41) is 9.42. The van der Waals surface area contributed by atoms with E-state index in [-0.39, 0.29) is 11.9 Å². The van der Waals surface area contributed by atoms with Crippen molar-refractivity contribution in [2.45, 2.75) is 89.4 Å². The van der Waals surface area contributed by atoms with Crippen molar-refractivity contribution in [3.05, 3.63) is 35.4 Å². The molecule has 8 heteroatoms. The summed E-state index contributed by atoms with van der Waals surface area (Å²) < 4.78 is 5.51. The van der Waals surface area contributed by atoms with Crippen LogP contribution in [0.5, 0.6) is 0 Å². The van der Waals surface area contributed by atoms with E-state index < -0.39 is 17.2 Å². The van der Waals surface area contributed by atoms with Crippen molar-refractivity contribution >= 4 is 18.0 Å². The molecule has 0 bridgehead atoms. The lowest BCUT2D eigenvalue weighted by molar-refractivity contribution is -0.136. The van der Waals surface area contributed by atoms with Gasteiger partial charge in [0.05, 0.1) is 12.2 Å². The van der Waals surface area contributed by atoms with Gasteiger partial charge in [-0.25, -0.2) is 9.59 Å². The molecule has 2 amide bonds. The Labute approximate surface area is 201 Å². The van der Waals surface area contributed by atoms with Gasteiger partial charge < -0.3 is 19.6 Å². The van der Waals surface area contributed by atoms with E-state index >= 15 is 0 Å². The Morgan fingerprint density at radius 1 is 1.12 bits per heavy atom. The molecule has 2 aliphatic heterocycles. The maximum absolute atomic E-state index is 13.8. The molecule has 2 saturated heterocycles. The largest absolute Gasteiger partial charge is 0.465 e. The molecule has 1 aromatic carbocycles. The predicted molar refractivity (Wildman–Crippen MR) is 127 cm³/mol. The third-order valence-electron chi connectivity index (χ3n) is 7.37. The monoisotopic (exact) mass is 471 g/mol. The molecule has 34 heavy (non-hydrogen) atoms. The molecule has 8 nitrogen and oxygen atoms in total. The Balaban J connectivity index is 1.54. The van der Waals surface area contributed by atoms with Gasteiger partial charge in [0.25, 0.3) is 0 Å². The summed E-state index contributed by atoms with van der Waals surface area (Å²) >= 11 is 0. The second kappa shape index (κ2) is 9.56. The summed E-state index contributed by atoms with van der Waals surface area (Å²) in [7, 11) is 0. The molecule has 2 heterocycles. The molecule has 1 aromatic rings. The summed E-state index contributed by atoms with van der Waals surface area (Å²) in [6.45, 7) is 7.25. The zero-order chi connectivity index (χ0) is 24.5. The van der Waals surface area contributed by atoms with Gasteiger partial charge in [0, 0.05) is 25.7 Å². The number of carbonyl (C=O) groups excluding carboxylic acids is 2. The number of amides is 2. The minimum atomic E-state index is -0.916. The second-order valence-corrected chi connectivity index (χ2v) is 10.9. The molecular weight excluding hydrogens is 434 g/mol. The molecule has 1 aliphatic carbocycles. The van der Waals surface area contributed by atoms with Crippen LogP contribution in [0.3, 0.4) is 0 Å². The average Bonchev–Trinajstić information content (AvgIpc) is 3.05. The van der Waals surface area contributed by atoms with Crippen molar-refractivity contribution in [1.29, 1.82) is 0 Å². The number of hydrogen-bond acceptors (Lipinski definition) is 5. The third kappa shape index (κ3) is 5.06. The van der Waals surface area contributed by atoms with E-state index in [4.69, 9.17) is 4.74 Å². The number of piperidine rings is 1. The molecule has 186 valence electrons. The fourth-order valence-corrected chi connectivity index (χ4v) is 5.70. The molecule has 1 saturated carbocycles. The Bertz CT molecular complexity index is 927. The van der Waals surface area contributed by atoms with Crippen LogP contribution < -0.4 is 0 Å². The van der Waals surface area contributed by atoms with Gasteiger partial charge in [0.15, 0.2) is 0 Å². The van der Waals surface area contributed by atoms with Crippen LogP contribution in [0.25, 0.3) is 0 Å². The summed E-state index contributed by atoms with van der Waals surface area (Å²) in [6, 6.07) is 7.66. The molecule has 1 spiro atoms. The highest BCUT2D eigenvalue weighted by Gasteiger charge is 2.55. The first kappa shape index (κ1) is 24.5. The van der Waals surface area contributed by atoms with E-state index in [1.54, 1.807) is 6.07 Å². The minimum Gasteiger partial charge on any atom is -0.465 e. The fourth-order valence-electron chi connectivity index (χ4n) is 5.70. The molecule has 0 aromatic heterocycles. The number of benzene rings is 1. The van der Waals surface area contributed by atoms with E-state index in [0.29, 0.717) is 50.7 Å². The van der Waals surface area contributed by atoms with Crippen molar-refractivity contribution in [3.63, 3.8) is 0 Å². The first-order valence-corrected chi connectivity index (χ1v) is 12.5. The summed E-state index contributed by atoms with van der Waals surface area (Å²) in [5.74, 6) is -0.283. The second-order valence-electron chi connectivity index (χ2n) is 10.9. The van der Waals surface area contributed by atoms with Crippen molar-refractivity contribution in [3.8, 4) is 0 Å². The van der Waals surface area contributed by atoms with Gasteiger partial charge in [-0.3, -0.25) is 9.69 Å². The zero-order valence-electron chi connectivity index (χ0n) is 20.6. The van der Waals surface area contributed by atoms with Crippen molar-refractivity contribution in [1.82, 2.24) is 14.7 Å². The van der Waals surface area contributed by atoms with Gasteiger partial charge >= 0.3 is 12.1 Å². The molecule has 4 rings (SSSR count). The lowest BCUT2D eigenvalue weighted by atomic mass is 9.82. The number of rotatable bonds is 4. The minimum absolute atomic E-state index is 0.0887. The van der Waals surface area contributed by atoms with Crippen LogP contribution in [0, 0.1) is 0 Å². The van der Waals surface area contributed by atoms with E-state index in [2.05, 4.69) is 4.90 Å². The lowest BCUT2D eigenvalue weighted by Gasteiger charge is -2.45. The molecule has 1 N–H and O–H groups in total. The topological polar surface area (TPSA) is 90.4 Å². The van der Waals surface area contributed by atoms with Crippen molar-refractivity contribution < 1.29 is 24.2 Å². The molecule has 0 atom stereocenters. The Hall–Kier alpha value is -2.61. The fraction of sp³-hybridized carbons (Fsp3) is 0.654. The smallest absolute Gasteiger partial charge is 0.407 e. The highest BCUT2D eigenvalue weighted by molar-refractivity contribution is 5.90. The maximum atomic E-state index is 13.8. The number of nitrogens with zero attached hydrogens (tertiary/aromatic N) is 3. The van der Waals surface area contributed by atoms with E-state index in [0.717, 1.165) is 18.4 Å². The average molecular weight is 472 g/mol. The lowest BCUT2D eigenvalue weighted by Crippen LogP contribution is -2.59. The van der Waals surface area contributed by atoms with Crippen LogP contribution in [0.2, 0.25) is 0 Å². The van der Waals surface area contributed by atoms with Gasteiger partial charge in [-0.05, 0) is 64.2 Å². The molecule has 0 radical (unpaired) electrons. The van der Waals surface area contributed by atoms with Gasteiger partial charge in [-0.15, -0.1) is 0 Å². The van der Waals surface area contributed by atoms with Crippen LogP contribution in [-0.4, -0.2) is 74.7 Å². The normalized spacial score (nSPS) is 21.8. The van der Waals surface area contributed by atoms with Crippen LogP contribution in [0.4, 0.5) is 4.79 Å². The van der Waals surface area contributed by atoms with Crippen molar-refractivity contribution in [2.75, 3.05) is 19.8 Å². The Kier molecular flexibility index (Phi) is 6.90. The van der Waals surface area contributed by atoms with Crippen LogP contribution >= 0.6 is 0 Å². The van der Waals surface area contributed by atoms with Gasteiger partial charge in [-0.2, -0.15) is 0 Å².